The van der Waals surface area contributed by atoms with Crippen LogP contribution in [0.5, 0.6) is 0 Å². The number of aromatic nitrogens is 2. The number of nitrogens with zero attached hydrogens (tertiary/aromatic N) is 3. The molecule has 1 amide bonds. The predicted molar refractivity (Wildman–Crippen MR) is 116 cm³/mol. The number of rotatable bonds is 6. The van der Waals surface area contributed by atoms with Crippen LogP contribution in [0.4, 0.5) is 0 Å². The van der Waals surface area contributed by atoms with Crippen molar-refractivity contribution < 1.29 is 4.79 Å². The molecule has 3 aromatic rings. The Kier molecular flexibility index (Phi) is 6.13. The van der Waals surface area contributed by atoms with Gasteiger partial charge in [0, 0.05) is 43.5 Å². The lowest BCUT2D eigenvalue weighted by atomic mass is 10.1. The van der Waals surface area contributed by atoms with Gasteiger partial charge in [-0.15, -0.1) is 11.8 Å². The second-order valence-electron chi connectivity index (χ2n) is 6.97. The number of thioether (sulfide) groups is 1. The third-order valence-corrected chi connectivity index (χ3v) is 5.84. The van der Waals surface area contributed by atoms with Crippen LogP contribution >= 0.6 is 23.4 Å². The first-order valence-corrected chi connectivity index (χ1v) is 10.9. The quantitative estimate of drug-likeness (QED) is 0.598. The van der Waals surface area contributed by atoms with Gasteiger partial charge in [0.15, 0.2) is 0 Å². The van der Waals surface area contributed by atoms with Crippen LogP contribution in [0.1, 0.15) is 32.9 Å². The highest BCUT2D eigenvalue weighted by atomic mass is 35.5. The molecule has 0 fully saturated rings. The van der Waals surface area contributed by atoms with Crippen LogP contribution in [-0.2, 0) is 26.2 Å². The largest absolute Gasteiger partial charge is 0.348 e. The molecule has 0 spiro atoms. The predicted octanol–water partition coefficient (Wildman–Crippen LogP) is 4.30. The molecule has 4 rings (SSSR count). The van der Waals surface area contributed by atoms with Gasteiger partial charge in [0.25, 0.3) is 5.91 Å². The smallest absolute Gasteiger partial charge is 0.253 e. The molecule has 1 aliphatic heterocycles. The molecule has 0 aliphatic carbocycles. The SMILES string of the molecule is CSc1ccc(CNC(=O)c2cnc3c(c2)CN(Cc2ccc(Cl)cn2)C3)cc1. The molecule has 2 aromatic heterocycles. The van der Waals surface area contributed by atoms with E-state index in [4.69, 9.17) is 11.6 Å². The number of pyridine rings is 2. The lowest BCUT2D eigenvalue weighted by Crippen LogP contribution is -2.23. The third kappa shape index (κ3) is 4.96. The average molecular weight is 425 g/mol. The summed E-state index contributed by atoms with van der Waals surface area (Å²) in [4.78, 5) is 24.9. The summed E-state index contributed by atoms with van der Waals surface area (Å²) in [6, 6.07) is 13.9. The van der Waals surface area contributed by atoms with Gasteiger partial charge in [-0.2, -0.15) is 0 Å². The van der Waals surface area contributed by atoms with Gasteiger partial charge in [0.2, 0.25) is 0 Å². The van der Waals surface area contributed by atoms with Crippen molar-refractivity contribution >= 4 is 29.3 Å². The van der Waals surface area contributed by atoms with Gasteiger partial charge < -0.3 is 5.32 Å². The van der Waals surface area contributed by atoms with Crippen molar-refractivity contribution in [1.29, 1.82) is 0 Å². The van der Waals surface area contributed by atoms with Gasteiger partial charge in [-0.3, -0.25) is 19.7 Å². The first kappa shape index (κ1) is 19.9. The van der Waals surface area contributed by atoms with Crippen LogP contribution in [0.2, 0.25) is 5.02 Å². The van der Waals surface area contributed by atoms with Crippen LogP contribution in [-0.4, -0.2) is 27.0 Å². The summed E-state index contributed by atoms with van der Waals surface area (Å²) in [5.74, 6) is -0.105. The van der Waals surface area contributed by atoms with E-state index in [9.17, 15) is 4.79 Å². The van der Waals surface area contributed by atoms with Crippen LogP contribution < -0.4 is 5.32 Å². The van der Waals surface area contributed by atoms with E-state index in [0.29, 0.717) is 17.1 Å². The van der Waals surface area contributed by atoms with Crippen LogP contribution in [0.15, 0.2) is 59.8 Å². The molecule has 0 radical (unpaired) electrons. The monoisotopic (exact) mass is 424 g/mol. The highest BCUT2D eigenvalue weighted by Crippen LogP contribution is 2.23. The van der Waals surface area contributed by atoms with E-state index in [2.05, 4.69) is 32.3 Å². The Balaban J connectivity index is 1.36. The second kappa shape index (κ2) is 8.95. The minimum Gasteiger partial charge on any atom is -0.348 e. The molecule has 0 saturated heterocycles. The van der Waals surface area contributed by atoms with Gasteiger partial charge >= 0.3 is 0 Å². The van der Waals surface area contributed by atoms with E-state index >= 15 is 0 Å². The molecule has 148 valence electrons. The summed E-state index contributed by atoms with van der Waals surface area (Å²) < 4.78 is 0. The fourth-order valence-electron chi connectivity index (χ4n) is 3.32. The molecule has 1 aliphatic rings. The Labute approximate surface area is 179 Å². The van der Waals surface area contributed by atoms with E-state index in [0.717, 1.165) is 42.1 Å². The third-order valence-electron chi connectivity index (χ3n) is 4.88. The van der Waals surface area contributed by atoms with Crippen LogP contribution in [0.25, 0.3) is 0 Å². The van der Waals surface area contributed by atoms with Gasteiger partial charge in [0.05, 0.1) is 22.0 Å². The normalized spacial score (nSPS) is 13.3. The first-order chi connectivity index (χ1) is 14.1. The summed E-state index contributed by atoms with van der Waals surface area (Å²) in [5, 5.41) is 3.61. The second-order valence-corrected chi connectivity index (χ2v) is 8.29. The number of hydrogen-bond acceptors (Lipinski definition) is 5. The molecule has 5 nitrogen and oxygen atoms in total. The average Bonchev–Trinajstić information content (AvgIpc) is 3.15. The van der Waals surface area contributed by atoms with Crippen molar-refractivity contribution in [3.63, 3.8) is 0 Å². The maximum absolute atomic E-state index is 12.6. The number of carbonyl (C=O) groups excluding carboxylic acids is 1. The molecule has 0 saturated carbocycles. The number of halogens is 1. The molecule has 7 heteroatoms. The highest BCUT2D eigenvalue weighted by molar-refractivity contribution is 7.98. The topological polar surface area (TPSA) is 58.1 Å². The van der Waals surface area contributed by atoms with Crippen molar-refractivity contribution in [3.05, 3.63) is 88.0 Å². The molecule has 3 heterocycles. The van der Waals surface area contributed by atoms with E-state index in [1.807, 2.05) is 36.6 Å². The minimum atomic E-state index is -0.105. The van der Waals surface area contributed by atoms with Crippen LogP contribution in [0.3, 0.4) is 0 Å². The molecule has 0 atom stereocenters. The van der Waals surface area contributed by atoms with E-state index in [1.165, 1.54) is 4.90 Å². The van der Waals surface area contributed by atoms with Crippen molar-refractivity contribution in [1.82, 2.24) is 20.2 Å². The van der Waals surface area contributed by atoms with Gasteiger partial charge in [-0.05, 0) is 47.7 Å². The molecule has 1 aromatic carbocycles. The zero-order chi connectivity index (χ0) is 20.2. The number of benzene rings is 1. The van der Waals surface area contributed by atoms with Crippen molar-refractivity contribution in [2.24, 2.45) is 0 Å². The number of carbonyl (C=O) groups is 1. The zero-order valence-electron chi connectivity index (χ0n) is 16.1. The van der Waals surface area contributed by atoms with Crippen molar-refractivity contribution in [3.8, 4) is 0 Å². The molecule has 29 heavy (non-hydrogen) atoms. The molecule has 0 unspecified atom stereocenters. The summed E-state index contributed by atoms with van der Waals surface area (Å²) >= 11 is 7.60. The first-order valence-electron chi connectivity index (χ1n) is 9.32. The Morgan fingerprint density at radius 1 is 1.14 bits per heavy atom. The summed E-state index contributed by atoms with van der Waals surface area (Å²) in [7, 11) is 0. The summed E-state index contributed by atoms with van der Waals surface area (Å²) in [6.07, 6.45) is 5.37. The fourth-order valence-corrected chi connectivity index (χ4v) is 3.84. The molecule has 1 N–H and O–H groups in total. The number of hydrogen-bond donors (Lipinski definition) is 1. The standard InChI is InChI=1S/C22H21ClN4OS/c1-29-20-6-2-15(3-7-20)9-26-22(28)16-8-17-12-27(14-21(17)25-10-16)13-19-5-4-18(23)11-24-19/h2-8,10-11H,9,12-14H2,1H3,(H,26,28). The van der Waals surface area contributed by atoms with Crippen molar-refractivity contribution in [2.45, 2.75) is 31.1 Å². The fraction of sp³-hybridized carbons (Fsp3) is 0.227. The Bertz CT molecular complexity index is 1010. The van der Waals surface area contributed by atoms with Gasteiger partial charge in [-0.25, -0.2) is 0 Å². The molecular formula is C22H21ClN4OS. The number of amides is 1. The molecular weight excluding hydrogens is 404 g/mol. The minimum absolute atomic E-state index is 0.105. The maximum Gasteiger partial charge on any atom is 0.253 e. The summed E-state index contributed by atoms with van der Waals surface area (Å²) in [5.41, 5.74) is 4.75. The maximum atomic E-state index is 12.6. The van der Waals surface area contributed by atoms with E-state index in [1.54, 1.807) is 24.2 Å². The highest BCUT2D eigenvalue weighted by Gasteiger charge is 2.22. The lowest BCUT2D eigenvalue weighted by Gasteiger charge is -2.13. The summed E-state index contributed by atoms with van der Waals surface area (Å²) in [6.45, 7) is 2.73. The Morgan fingerprint density at radius 2 is 1.97 bits per heavy atom. The molecule has 0 bridgehead atoms. The zero-order valence-corrected chi connectivity index (χ0v) is 17.6. The Hall–Kier alpha value is -2.41. The number of nitrogens with one attached hydrogen (secondary N) is 1. The lowest BCUT2D eigenvalue weighted by molar-refractivity contribution is 0.0950. The van der Waals surface area contributed by atoms with Crippen LogP contribution in [0, 0.1) is 0 Å². The Morgan fingerprint density at radius 3 is 2.69 bits per heavy atom. The van der Waals surface area contributed by atoms with Gasteiger partial charge in [-0.1, -0.05) is 23.7 Å². The number of fused-ring (bicyclic) bond motifs is 1. The van der Waals surface area contributed by atoms with Crippen molar-refractivity contribution in [2.75, 3.05) is 6.26 Å². The van der Waals surface area contributed by atoms with E-state index < -0.39 is 0 Å². The van der Waals surface area contributed by atoms with Gasteiger partial charge in [0.1, 0.15) is 0 Å². The van der Waals surface area contributed by atoms with E-state index in [-0.39, 0.29) is 5.91 Å².